The van der Waals surface area contributed by atoms with Crippen LogP contribution in [-0.4, -0.2) is 44.8 Å². The van der Waals surface area contributed by atoms with Gasteiger partial charge in [-0.1, -0.05) is 12.1 Å². The fourth-order valence-electron chi connectivity index (χ4n) is 2.79. The number of hydrogen-bond acceptors (Lipinski definition) is 4. The minimum atomic E-state index is -0.0484. The molecule has 5 nitrogen and oxygen atoms in total. The van der Waals surface area contributed by atoms with Crippen LogP contribution in [0.25, 0.3) is 0 Å². The lowest BCUT2D eigenvalue weighted by Gasteiger charge is -2.30. The third-order valence-electron chi connectivity index (χ3n) is 3.89. The Labute approximate surface area is 119 Å². The third kappa shape index (κ3) is 2.94. The van der Waals surface area contributed by atoms with Gasteiger partial charge in [0.1, 0.15) is 0 Å². The van der Waals surface area contributed by atoms with Gasteiger partial charge in [-0.25, -0.2) is 0 Å². The van der Waals surface area contributed by atoms with Crippen molar-refractivity contribution in [2.75, 3.05) is 43.1 Å². The summed E-state index contributed by atoms with van der Waals surface area (Å²) in [5, 5.41) is 6.30. The highest BCUT2D eigenvalue weighted by Crippen LogP contribution is 2.26. The predicted molar refractivity (Wildman–Crippen MR) is 79.1 cm³/mol. The van der Waals surface area contributed by atoms with E-state index in [1.165, 1.54) is 0 Å². The summed E-state index contributed by atoms with van der Waals surface area (Å²) in [6.07, 6.45) is 1.99. The van der Waals surface area contributed by atoms with E-state index in [4.69, 9.17) is 4.74 Å². The minimum absolute atomic E-state index is 0.0484. The monoisotopic (exact) mass is 275 g/mol. The van der Waals surface area contributed by atoms with Crippen molar-refractivity contribution in [3.05, 3.63) is 24.3 Å². The Hall–Kier alpha value is -1.59. The first-order valence-electron chi connectivity index (χ1n) is 7.30. The quantitative estimate of drug-likeness (QED) is 0.871. The standard InChI is InChI=1S/C15H21N3O2/c19-15(13-5-3-7-16-13)17-12-4-1-2-6-14(12)18-8-10-20-11-9-18/h1-2,4,6,13,16H,3,5,7-11H2,(H,17,19)/t13-/m1/s1. The van der Waals surface area contributed by atoms with E-state index in [2.05, 4.69) is 21.6 Å². The molecule has 1 atom stereocenters. The Morgan fingerprint density at radius 1 is 1.30 bits per heavy atom. The van der Waals surface area contributed by atoms with Crippen LogP contribution in [0.2, 0.25) is 0 Å². The van der Waals surface area contributed by atoms with E-state index >= 15 is 0 Å². The smallest absolute Gasteiger partial charge is 0.241 e. The summed E-state index contributed by atoms with van der Waals surface area (Å²) in [6, 6.07) is 7.95. The van der Waals surface area contributed by atoms with Crippen LogP contribution in [0.15, 0.2) is 24.3 Å². The van der Waals surface area contributed by atoms with Crippen molar-refractivity contribution in [3.8, 4) is 0 Å². The van der Waals surface area contributed by atoms with Gasteiger partial charge in [0, 0.05) is 13.1 Å². The van der Waals surface area contributed by atoms with Crippen molar-refractivity contribution in [1.82, 2.24) is 5.32 Å². The van der Waals surface area contributed by atoms with Crippen molar-refractivity contribution in [1.29, 1.82) is 0 Å². The van der Waals surface area contributed by atoms with Crippen molar-refractivity contribution in [3.63, 3.8) is 0 Å². The molecule has 0 aliphatic carbocycles. The largest absolute Gasteiger partial charge is 0.378 e. The van der Waals surface area contributed by atoms with Gasteiger partial charge in [0.15, 0.2) is 0 Å². The molecule has 0 bridgehead atoms. The molecule has 0 unspecified atom stereocenters. The fraction of sp³-hybridized carbons (Fsp3) is 0.533. The van der Waals surface area contributed by atoms with E-state index in [1.807, 2.05) is 18.2 Å². The van der Waals surface area contributed by atoms with E-state index in [9.17, 15) is 4.79 Å². The predicted octanol–water partition coefficient (Wildman–Crippen LogP) is 1.21. The second-order valence-corrected chi connectivity index (χ2v) is 5.25. The van der Waals surface area contributed by atoms with Gasteiger partial charge in [0.25, 0.3) is 0 Å². The molecule has 1 aromatic rings. The Balaban J connectivity index is 1.73. The van der Waals surface area contributed by atoms with Crippen molar-refractivity contribution in [2.45, 2.75) is 18.9 Å². The number of ether oxygens (including phenoxy) is 1. The lowest BCUT2D eigenvalue weighted by molar-refractivity contribution is -0.117. The Bertz CT molecular complexity index is 466. The van der Waals surface area contributed by atoms with Gasteiger partial charge < -0.3 is 20.3 Å². The number of carbonyl (C=O) groups excluding carboxylic acids is 1. The number of amides is 1. The molecule has 2 aliphatic rings. The topological polar surface area (TPSA) is 53.6 Å². The third-order valence-corrected chi connectivity index (χ3v) is 3.89. The average molecular weight is 275 g/mol. The van der Waals surface area contributed by atoms with Crippen LogP contribution in [0, 0.1) is 0 Å². The molecule has 2 fully saturated rings. The van der Waals surface area contributed by atoms with Gasteiger partial charge in [0.2, 0.25) is 5.91 Å². The summed E-state index contributed by atoms with van der Waals surface area (Å²) >= 11 is 0. The number of nitrogens with zero attached hydrogens (tertiary/aromatic N) is 1. The Kier molecular flexibility index (Phi) is 4.18. The second kappa shape index (κ2) is 6.24. The first-order valence-corrected chi connectivity index (χ1v) is 7.30. The van der Waals surface area contributed by atoms with E-state index in [1.54, 1.807) is 0 Å². The summed E-state index contributed by atoms with van der Waals surface area (Å²) < 4.78 is 5.38. The summed E-state index contributed by atoms with van der Waals surface area (Å²) in [5.74, 6) is 0.0724. The van der Waals surface area contributed by atoms with Crippen molar-refractivity contribution >= 4 is 17.3 Å². The fourth-order valence-corrected chi connectivity index (χ4v) is 2.79. The molecule has 1 amide bonds. The lowest BCUT2D eigenvalue weighted by atomic mass is 10.2. The number of benzene rings is 1. The first-order chi connectivity index (χ1) is 9.84. The normalized spacial score (nSPS) is 22.8. The molecule has 0 radical (unpaired) electrons. The van der Waals surface area contributed by atoms with Crippen molar-refractivity contribution in [2.24, 2.45) is 0 Å². The number of hydrogen-bond donors (Lipinski definition) is 2. The molecule has 2 aliphatic heterocycles. The van der Waals surface area contributed by atoms with Gasteiger partial charge in [0.05, 0.1) is 30.6 Å². The van der Waals surface area contributed by atoms with Gasteiger partial charge in [-0.3, -0.25) is 4.79 Å². The second-order valence-electron chi connectivity index (χ2n) is 5.25. The van der Waals surface area contributed by atoms with Crippen LogP contribution in [0.1, 0.15) is 12.8 Å². The van der Waals surface area contributed by atoms with Crippen LogP contribution < -0.4 is 15.5 Å². The van der Waals surface area contributed by atoms with E-state index in [0.717, 1.165) is 57.1 Å². The summed E-state index contributed by atoms with van der Waals surface area (Å²) in [4.78, 5) is 14.5. The highest BCUT2D eigenvalue weighted by Gasteiger charge is 2.23. The maximum Gasteiger partial charge on any atom is 0.241 e. The summed E-state index contributed by atoms with van der Waals surface area (Å²) in [5.41, 5.74) is 1.98. The molecule has 0 aromatic heterocycles. The molecule has 2 N–H and O–H groups in total. The van der Waals surface area contributed by atoms with Crippen LogP contribution in [-0.2, 0) is 9.53 Å². The zero-order valence-corrected chi connectivity index (χ0v) is 11.6. The maximum atomic E-state index is 12.2. The zero-order chi connectivity index (χ0) is 13.8. The number of rotatable bonds is 3. The molecule has 2 heterocycles. The van der Waals surface area contributed by atoms with Gasteiger partial charge in [-0.05, 0) is 31.5 Å². The lowest BCUT2D eigenvalue weighted by Crippen LogP contribution is -2.38. The molecule has 2 saturated heterocycles. The molecule has 20 heavy (non-hydrogen) atoms. The number of morpholine rings is 1. The molecule has 5 heteroatoms. The first kappa shape index (κ1) is 13.4. The summed E-state index contributed by atoms with van der Waals surface area (Å²) in [7, 11) is 0. The number of para-hydroxylation sites is 2. The van der Waals surface area contributed by atoms with Crippen LogP contribution in [0.5, 0.6) is 0 Å². The SMILES string of the molecule is O=C(Nc1ccccc1N1CCOCC1)[C@H]1CCCN1. The van der Waals surface area contributed by atoms with Crippen LogP contribution in [0.3, 0.4) is 0 Å². The van der Waals surface area contributed by atoms with E-state index < -0.39 is 0 Å². The highest BCUT2D eigenvalue weighted by atomic mass is 16.5. The average Bonchev–Trinajstić information content (AvgIpc) is 3.03. The van der Waals surface area contributed by atoms with Crippen LogP contribution in [0.4, 0.5) is 11.4 Å². The summed E-state index contributed by atoms with van der Waals surface area (Å²) in [6.45, 7) is 4.16. The van der Waals surface area contributed by atoms with Crippen molar-refractivity contribution < 1.29 is 9.53 Å². The molecule has 1 aromatic carbocycles. The molecule has 108 valence electrons. The highest BCUT2D eigenvalue weighted by molar-refractivity contribution is 5.97. The van der Waals surface area contributed by atoms with Gasteiger partial charge in [-0.2, -0.15) is 0 Å². The molecule has 0 saturated carbocycles. The van der Waals surface area contributed by atoms with E-state index in [-0.39, 0.29) is 11.9 Å². The van der Waals surface area contributed by atoms with E-state index in [0.29, 0.717) is 0 Å². The van der Waals surface area contributed by atoms with Crippen LogP contribution >= 0.6 is 0 Å². The molecular weight excluding hydrogens is 254 g/mol. The minimum Gasteiger partial charge on any atom is -0.378 e. The molecular formula is C15H21N3O2. The molecule has 0 spiro atoms. The Morgan fingerprint density at radius 2 is 2.10 bits per heavy atom. The Morgan fingerprint density at radius 3 is 2.85 bits per heavy atom. The zero-order valence-electron chi connectivity index (χ0n) is 11.6. The molecule has 3 rings (SSSR count). The van der Waals surface area contributed by atoms with Gasteiger partial charge >= 0.3 is 0 Å². The number of carbonyl (C=O) groups is 1. The number of nitrogens with one attached hydrogen (secondary N) is 2. The van der Waals surface area contributed by atoms with Gasteiger partial charge in [-0.15, -0.1) is 0 Å². The number of anilines is 2. The maximum absolute atomic E-state index is 12.2.